The van der Waals surface area contributed by atoms with Crippen LogP contribution in [-0.4, -0.2) is 29.9 Å². The first kappa shape index (κ1) is 21.7. The van der Waals surface area contributed by atoms with Crippen molar-refractivity contribution in [2.24, 2.45) is 0 Å². The van der Waals surface area contributed by atoms with Crippen LogP contribution in [0.4, 0.5) is 5.69 Å². The number of rotatable bonds is 8. The highest BCUT2D eigenvalue weighted by Gasteiger charge is 2.21. The van der Waals surface area contributed by atoms with E-state index in [9.17, 15) is 9.59 Å². The van der Waals surface area contributed by atoms with Crippen LogP contribution in [0.2, 0.25) is 0 Å². The van der Waals surface area contributed by atoms with Crippen LogP contribution in [0.5, 0.6) is 0 Å². The van der Waals surface area contributed by atoms with Crippen LogP contribution in [-0.2, 0) is 4.79 Å². The number of amides is 2. The fraction of sp³-hybridized carbons (Fsp3) is 0.154. The van der Waals surface area contributed by atoms with Gasteiger partial charge in [0.2, 0.25) is 5.91 Å². The molecule has 4 rings (SSSR count). The van der Waals surface area contributed by atoms with E-state index in [1.165, 1.54) is 0 Å². The maximum Gasteiger partial charge on any atom is 0.251 e. The molecule has 3 aromatic carbocycles. The number of benzene rings is 3. The van der Waals surface area contributed by atoms with Gasteiger partial charge in [-0.25, -0.2) is 0 Å². The molecule has 1 unspecified atom stereocenters. The lowest BCUT2D eigenvalue weighted by Crippen LogP contribution is -2.44. The third kappa shape index (κ3) is 5.21. The molecule has 1 heterocycles. The van der Waals surface area contributed by atoms with Crippen LogP contribution in [0.15, 0.2) is 89.3 Å². The lowest BCUT2D eigenvalue weighted by molar-refractivity contribution is -0.118. The summed E-state index contributed by atoms with van der Waals surface area (Å²) < 4.78 is 5.91. The van der Waals surface area contributed by atoms with E-state index in [1.54, 1.807) is 36.0 Å². The Balaban J connectivity index is 1.44. The molecule has 0 aliphatic rings. The van der Waals surface area contributed by atoms with Gasteiger partial charge in [0.05, 0.1) is 0 Å². The maximum atomic E-state index is 12.9. The van der Waals surface area contributed by atoms with Crippen molar-refractivity contribution in [1.29, 1.82) is 0 Å². The predicted molar refractivity (Wildman–Crippen MR) is 131 cm³/mol. The van der Waals surface area contributed by atoms with Gasteiger partial charge in [-0.1, -0.05) is 36.4 Å². The van der Waals surface area contributed by atoms with Crippen molar-refractivity contribution in [3.05, 3.63) is 90.5 Å². The Labute approximate surface area is 191 Å². The monoisotopic (exact) mass is 444 g/mol. The number of furan rings is 1. The highest BCUT2D eigenvalue weighted by Crippen LogP contribution is 2.28. The van der Waals surface area contributed by atoms with Gasteiger partial charge in [0.15, 0.2) is 0 Å². The van der Waals surface area contributed by atoms with E-state index in [0.29, 0.717) is 17.7 Å². The molecule has 32 heavy (non-hydrogen) atoms. The molecule has 0 saturated heterocycles. The number of anilines is 1. The molecule has 162 valence electrons. The minimum Gasteiger partial charge on any atom is -0.456 e. The molecule has 5 nitrogen and oxygen atoms in total. The SMILES string of the molecule is CSCCC(NC(=O)c1ccccc1)C(=O)Nc1ccc(-c2cc3ccccc3o2)cc1. The molecule has 0 aliphatic heterocycles. The zero-order valence-electron chi connectivity index (χ0n) is 17.7. The standard InChI is InChI=1S/C26H24N2O3S/c1-32-16-15-22(28-25(29)19-7-3-2-4-8-19)26(30)27-21-13-11-18(12-14-21)24-17-20-9-5-6-10-23(20)31-24/h2-14,17,22H,15-16H2,1H3,(H,27,30)(H,28,29). The Morgan fingerprint density at radius 1 is 0.938 bits per heavy atom. The molecule has 2 N–H and O–H groups in total. The predicted octanol–water partition coefficient (Wildman–Crippen LogP) is 5.59. The van der Waals surface area contributed by atoms with Crippen LogP contribution in [0.1, 0.15) is 16.8 Å². The van der Waals surface area contributed by atoms with Crippen LogP contribution < -0.4 is 10.6 Å². The fourth-order valence-corrected chi connectivity index (χ4v) is 3.88. The normalized spacial score (nSPS) is 11.8. The number of thioether (sulfide) groups is 1. The number of fused-ring (bicyclic) bond motifs is 1. The van der Waals surface area contributed by atoms with Crippen molar-refractivity contribution in [3.63, 3.8) is 0 Å². The number of hydrogen-bond acceptors (Lipinski definition) is 4. The molecule has 1 aromatic heterocycles. The molecular weight excluding hydrogens is 420 g/mol. The Bertz CT molecular complexity index is 1170. The minimum atomic E-state index is -0.620. The molecule has 2 amide bonds. The summed E-state index contributed by atoms with van der Waals surface area (Å²) in [6.45, 7) is 0. The average molecular weight is 445 g/mol. The molecule has 0 radical (unpaired) electrons. The molecule has 6 heteroatoms. The summed E-state index contributed by atoms with van der Waals surface area (Å²) in [5.74, 6) is 1.04. The molecule has 0 saturated carbocycles. The van der Waals surface area contributed by atoms with Crippen LogP contribution >= 0.6 is 11.8 Å². The second-order valence-electron chi connectivity index (χ2n) is 7.39. The zero-order valence-corrected chi connectivity index (χ0v) is 18.5. The maximum absolute atomic E-state index is 12.9. The Kier molecular flexibility index (Phi) is 6.92. The molecular formula is C26H24N2O3S. The van der Waals surface area contributed by atoms with Crippen molar-refractivity contribution in [2.45, 2.75) is 12.5 Å². The number of carbonyl (C=O) groups is 2. The van der Waals surface area contributed by atoms with Crippen molar-refractivity contribution >= 4 is 40.2 Å². The van der Waals surface area contributed by atoms with Crippen molar-refractivity contribution in [1.82, 2.24) is 5.32 Å². The second-order valence-corrected chi connectivity index (χ2v) is 8.37. The summed E-state index contributed by atoms with van der Waals surface area (Å²) >= 11 is 1.64. The van der Waals surface area contributed by atoms with Crippen molar-refractivity contribution in [2.75, 3.05) is 17.3 Å². The quantitative estimate of drug-likeness (QED) is 0.372. The zero-order chi connectivity index (χ0) is 22.3. The van der Waals surface area contributed by atoms with Crippen LogP contribution in [0.3, 0.4) is 0 Å². The Hall–Kier alpha value is -3.51. The van der Waals surface area contributed by atoms with Crippen molar-refractivity contribution < 1.29 is 14.0 Å². The van der Waals surface area contributed by atoms with E-state index in [1.807, 2.05) is 66.9 Å². The highest BCUT2D eigenvalue weighted by molar-refractivity contribution is 7.98. The lowest BCUT2D eigenvalue weighted by Gasteiger charge is -2.18. The van der Waals surface area contributed by atoms with E-state index < -0.39 is 6.04 Å². The van der Waals surface area contributed by atoms with Gasteiger partial charge in [-0.05, 0) is 67.0 Å². The number of hydrogen-bond donors (Lipinski definition) is 2. The molecule has 0 aliphatic carbocycles. The van der Waals surface area contributed by atoms with Gasteiger partial charge in [-0.2, -0.15) is 11.8 Å². The van der Waals surface area contributed by atoms with E-state index in [0.717, 1.165) is 28.0 Å². The largest absolute Gasteiger partial charge is 0.456 e. The first-order valence-electron chi connectivity index (χ1n) is 10.4. The molecule has 0 bridgehead atoms. The number of para-hydroxylation sites is 1. The summed E-state index contributed by atoms with van der Waals surface area (Å²) in [5, 5.41) is 6.83. The fourth-order valence-electron chi connectivity index (χ4n) is 3.41. The molecule has 1 atom stereocenters. The number of carbonyl (C=O) groups excluding carboxylic acids is 2. The summed E-state index contributed by atoms with van der Waals surface area (Å²) in [6, 6.07) is 25.7. The van der Waals surface area contributed by atoms with E-state index in [4.69, 9.17) is 4.42 Å². The van der Waals surface area contributed by atoms with Gasteiger partial charge in [-0.3, -0.25) is 9.59 Å². The van der Waals surface area contributed by atoms with Crippen LogP contribution in [0.25, 0.3) is 22.3 Å². The van der Waals surface area contributed by atoms with Gasteiger partial charge in [-0.15, -0.1) is 0 Å². The molecule has 4 aromatic rings. The summed E-state index contributed by atoms with van der Waals surface area (Å²) in [7, 11) is 0. The van der Waals surface area contributed by atoms with E-state index >= 15 is 0 Å². The van der Waals surface area contributed by atoms with Gasteiger partial charge in [0.25, 0.3) is 5.91 Å². The Morgan fingerprint density at radius 3 is 2.38 bits per heavy atom. The van der Waals surface area contributed by atoms with Gasteiger partial charge in [0.1, 0.15) is 17.4 Å². The first-order chi connectivity index (χ1) is 15.6. The third-order valence-electron chi connectivity index (χ3n) is 5.13. The number of nitrogens with one attached hydrogen (secondary N) is 2. The van der Waals surface area contributed by atoms with E-state index in [-0.39, 0.29) is 11.8 Å². The highest BCUT2D eigenvalue weighted by atomic mass is 32.2. The Morgan fingerprint density at radius 2 is 1.66 bits per heavy atom. The first-order valence-corrected chi connectivity index (χ1v) is 11.8. The summed E-state index contributed by atoms with van der Waals surface area (Å²) in [5.41, 5.74) is 2.96. The smallest absolute Gasteiger partial charge is 0.251 e. The third-order valence-corrected chi connectivity index (χ3v) is 5.77. The van der Waals surface area contributed by atoms with Gasteiger partial charge >= 0.3 is 0 Å². The molecule has 0 spiro atoms. The minimum absolute atomic E-state index is 0.236. The van der Waals surface area contributed by atoms with Crippen molar-refractivity contribution in [3.8, 4) is 11.3 Å². The van der Waals surface area contributed by atoms with Crippen LogP contribution in [0, 0.1) is 0 Å². The topological polar surface area (TPSA) is 71.3 Å². The van der Waals surface area contributed by atoms with Gasteiger partial charge in [0, 0.05) is 22.2 Å². The average Bonchev–Trinajstić information content (AvgIpc) is 3.27. The molecule has 0 fully saturated rings. The van der Waals surface area contributed by atoms with E-state index in [2.05, 4.69) is 10.6 Å². The lowest BCUT2D eigenvalue weighted by atomic mass is 10.1. The second kappa shape index (κ2) is 10.2. The summed E-state index contributed by atoms with van der Waals surface area (Å²) in [4.78, 5) is 25.4. The summed E-state index contributed by atoms with van der Waals surface area (Å²) in [6.07, 6.45) is 2.52. The van der Waals surface area contributed by atoms with Gasteiger partial charge < -0.3 is 15.1 Å².